The van der Waals surface area contributed by atoms with Crippen molar-refractivity contribution in [2.45, 2.75) is 39.3 Å². The first-order valence-corrected chi connectivity index (χ1v) is 10.9. The van der Waals surface area contributed by atoms with Crippen molar-refractivity contribution >= 4 is 23.1 Å². The predicted molar refractivity (Wildman–Crippen MR) is 125 cm³/mol. The normalized spacial score (nSPS) is 21.2. The molecule has 5 rings (SSSR count). The van der Waals surface area contributed by atoms with Gasteiger partial charge in [-0.15, -0.1) is 0 Å². The highest BCUT2D eigenvalue weighted by Gasteiger charge is 2.47. The van der Waals surface area contributed by atoms with Gasteiger partial charge in [-0.25, -0.2) is 0 Å². The van der Waals surface area contributed by atoms with Crippen LogP contribution in [0.15, 0.2) is 66.5 Å². The molecule has 0 aliphatic carbocycles. The van der Waals surface area contributed by atoms with Crippen LogP contribution < -0.4 is 9.64 Å². The second kappa shape index (κ2) is 7.89. The molecule has 0 saturated carbocycles. The molecule has 33 heavy (non-hydrogen) atoms. The maximum atomic E-state index is 13.3. The van der Waals surface area contributed by atoms with Crippen LogP contribution in [0.5, 0.6) is 5.75 Å². The van der Waals surface area contributed by atoms with Gasteiger partial charge in [0.05, 0.1) is 11.6 Å². The average molecular weight is 440 g/mol. The van der Waals surface area contributed by atoms with E-state index in [1.165, 1.54) is 4.90 Å². The standard InChI is InChI=1S/C27H24N2O4/c1-15-4-5-16(2)21(12-15)29-24(18-8-10-28-11-9-18)23(26(31)27(29)32)25(30)19-6-7-22-20(14-19)13-17(3)33-22/h4-12,14,17,24,30H,13H2,1-3H3/b25-23-. The molecular weight excluding hydrogens is 416 g/mol. The average Bonchev–Trinajstić information content (AvgIpc) is 3.31. The van der Waals surface area contributed by atoms with E-state index in [1.807, 2.05) is 45.0 Å². The summed E-state index contributed by atoms with van der Waals surface area (Å²) < 4.78 is 5.76. The summed E-state index contributed by atoms with van der Waals surface area (Å²) in [6.45, 7) is 5.83. The van der Waals surface area contributed by atoms with E-state index < -0.39 is 17.7 Å². The minimum Gasteiger partial charge on any atom is -0.507 e. The zero-order valence-corrected chi connectivity index (χ0v) is 18.7. The van der Waals surface area contributed by atoms with Crippen molar-refractivity contribution in [3.63, 3.8) is 0 Å². The van der Waals surface area contributed by atoms with E-state index in [0.29, 0.717) is 16.8 Å². The van der Waals surface area contributed by atoms with E-state index in [2.05, 4.69) is 4.98 Å². The quantitative estimate of drug-likeness (QED) is 0.364. The monoisotopic (exact) mass is 440 g/mol. The van der Waals surface area contributed by atoms with Gasteiger partial charge in [0.25, 0.3) is 11.7 Å². The molecule has 1 saturated heterocycles. The third-order valence-electron chi connectivity index (χ3n) is 6.26. The fraction of sp³-hybridized carbons (Fsp3) is 0.222. The van der Waals surface area contributed by atoms with Gasteiger partial charge in [0.1, 0.15) is 17.6 Å². The number of Topliss-reactive ketones (excluding diaryl/α,β-unsaturated/α-hetero) is 1. The lowest BCUT2D eigenvalue weighted by atomic mass is 9.94. The van der Waals surface area contributed by atoms with Gasteiger partial charge in [-0.05, 0) is 79.4 Å². The lowest BCUT2D eigenvalue weighted by Gasteiger charge is -2.27. The molecule has 2 unspecified atom stereocenters. The Hall–Kier alpha value is -3.93. The number of ether oxygens (including phenoxy) is 1. The van der Waals surface area contributed by atoms with E-state index in [9.17, 15) is 14.7 Å². The molecule has 1 aromatic heterocycles. The van der Waals surface area contributed by atoms with Gasteiger partial charge in [0.15, 0.2) is 0 Å². The zero-order chi connectivity index (χ0) is 23.3. The fourth-order valence-corrected chi connectivity index (χ4v) is 4.65. The summed E-state index contributed by atoms with van der Waals surface area (Å²) in [6.07, 6.45) is 4.02. The van der Waals surface area contributed by atoms with Crippen molar-refractivity contribution in [1.29, 1.82) is 0 Å². The third-order valence-corrected chi connectivity index (χ3v) is 6.26. The van der Waals surface area contributed by atoms with Crippen LogP contribution in [0.2, 0.25) is 0 Å². The maximum absolute atomic E-state index is 13.3. The highest BCUT2D eigenvalue weighted by atomic mass is 16.5. The van der Waals surface area contributed by atoms with Crippen LogP contribution in [0.25, 0.3) is 5.76 Å². The van der Waals surface area contributed by atoms with Crippen molar-refractivity contribution < 1.29 is 19.4 Å². The number of rotatable bonds is 3. The van der Waals surface area contributed by atoms with Gasteiger partial charge in [-0.1, -0.05) is 12.1 Å². The zero-order valence-electron chi connectivity index (χ0n) is 18.7. The number of aliphatic hydroxyl groups is 1. The minimum atomic E-state index is -0.767. The molecule has 2 aliphatic rings. The summed E-state index contributed by atoms with van der Waals surface area (Å²) >= 11 is 0. The molecular formula is C27H24N2O4. The van der Waals surface area contributed by atoms with Crippen LogP contribution in [-0.2, 0) is 16.0 Å². The van der Waals surface area contributed by atoms with E-state index in [0.717, 1.165) is 28.9 Å². The number of ketones is 1. The molecule has 0 bridgehead atoms. The molecule has 1 N–H and O–H groups in total. The number of benzene rings is 2. The third kappa shape index (κ3) is 3.48. The molecule has 2 aromatic carbocycles. The summed E-state index contributed by atoms with van der Waals surface area (Å²) in [4.78, 5) is 32.2. The number of aromatic nitrogens is 1. The molecule has 2 aliphatic heterocycles. The number of carbonyl (C=O) groups is 2. The van der Waals surface area contributed by atoms with Gasteiger partial charge < -0.3 is 9.84 Å². The molecule has 3 aromatic rings. The summed E-state index contributed by atoms with van der Waals surface area (Å²) in [7, 11) is 0. The second-order valence-corrected chi connectivity index (χ2v) is 8.69. The van der Waals surface area contributed by atoms with Crippen LogP contribution in [0.3, 0.4) is 0 Å². The van der Waals surface area contributed by atoms with Crippen molar-refractivity contribution in [3.8, 4) is 5.75 Å². The molecule has 6 nitrogen and oxygen atoms in total. The smallest absolute Gasteiger partial charge is 0.300 e. The largest absolute Gasteiger partial charge is 0.507 e. The van der Waals surface area contributed by atoms with E-state index in [1.54, 1.807) is 36.7 Å². The number of hydrogen-bond donors (Lipinski definition) is 1. The van der Waals surface area contributed by atoms with E-state index >= 15 is 0 Å². The molecule has 166 valence electrons. The highest BCUT2D eigenvalue weighted by Crippen LogP contribution is 2.43. The number of amides is 1. The van der Waals surface area contributed by atoms with Crippen LogP contribution in [0.1, 0.15) is 40.8 Å². The van der Waals surface area contributed by atoms with Gasteiger partial charge >= 0.3 is 0 Å². The van der Waals surface area contributed by atoms with Gasteiger partial charge in [-0.3, -0.25) is 19.5 Å². The predicted octanol–water partition coefficient (Wildman–Crippen LogP) is 4.65. The van der Waals surface area contributed by atoms with Crippen LogP contribution >= 0.6 is 0 Å². The van der Waals surface area contributed by atoms with Crippen molar-refractivity contribution in [3.05, 3.63) is 94.3 Å². The number of nitrogens with zero attached hydrogens (tertiary/aromatic N) is 2. The molecule has 3 heterocycles. The van der Waals surface area contributed by atoms with Crippen molar-refractivity contribution in [1.82, 2.24) is 4.98 Å². The Morgan fingerprint density at radius 1 is 1.06 bits per heavy atom. The van der Waals surface area contributed by atoms with Gasteiger partial charge in [0.2, 0.25) is 0 Å². The first-order chi connectivity index (χ1) is 15.8. The minimum absolute atomic E-state index is 0.0593. The summed E-state index contributed by atoms with van der Waals surface area (Å²) in [5.74, 6) is -0.781. The number of carbonyl (C=O) groups excluding carboxylic acids is 2. The fourth-order valence-electron chi connectivity index (χ4n) is 4.65. The number of aryl methyl sites for hydroxylation is 2. The Morgan fingerprint density at radius 2 is 1.82 bits per heavy atom. The number of aliphatic hydroxyl groups excluding tert-OH is 1. The van der Waals surface area contributed by atoms with Crippen molar-refractivity contribution in [2.24, 2.45) is 0 Å². The number of pyridine rings is 1. The summed E-state index contributed by atoms with van der Waals surface area (Å²) in [5.41, 5.74) is 4.71. The highest BCUT2D eigenvalue weighted by molar-refractivity contribution is 6.51. The Balaban J connectivity index is 1.71. The Morgan fingerprint density at radius 3 is 2.58 bits per heavy atom. The molecule has 1 amide bonds. The molecule has 2 atom stereocenters. The van der Waals surface area contributed by atoms with Gasteiger partial charge in [0, 0.05) is 30.1 Å². The molecule has 0 radical (unpaired) electrons. The summed E-state index contributed by atoms with van der Waals surface area (Å²) in [6, 6.07) is 13.9. The van der Waals surface area contributed by atoms with Crippen molar-refractivity contribution in [2.75, 3.05) is 4.90 Å². The first-order valence-electron chi connectivity index (χ1n) is 10.9. The molecule has 6 heteroatoms. The number of hydrogen-bond acceptors (Lipinski definition) is 5. The Kier molecular flexibility index (Phi) is 5.01. The first kappa shape index (κ1) is 20.9. The van der Waals surface area contributed by atoms with E-state index in [4.69, 9.17) is 4.74 Å². The lowest BCUT2D eigenvalue weighted by Crippen LogP contribution is -2.30. The lowest BCUT2D eigenvalue weighted by molar-refractivity contribution is -0.132. The van der Waals surface area contributed by atoms with E-state index in [-0.39, 0.29) is 17.4 Å². The summed E-state index contributed by atoms with van der Waals surface area (Å²) in [5, 5.41) is 11.3. The second-order valence-electron chi connectivity index (χ2n) is 8.69. The van der Waals surface area contributed by atoms with Gasteiger partial charge in [-0.2, -0.15) is 0 Å². The Bertz CT molecular complexity index is 1310. The topological polar surface area (TPSA) is 79.7 Å². The van der Waals surface area contributed by atoms with Crippen LogP contribution in [-0.4, -0.2) is 27.9 Å². The SMILES string of the molecule is Cc1ccc(C)c(N2C(=O)C(=O)/C(=C(\O)c3ccc4c(c3)CC(C)O4)C2c2ccncc2)c1. The number of anilines is 1. The maximum Gasteiger partial charge on any atom is 0.300 e. The Labute approximate surface area is 192 Å². The number of fused-ring (bicyclic) bond motifs is 1. The van der Waals surface area contributed by atoms with Crippen LogP contribution in [0.4, 0.5) is 5.69 Å². The van der Waals surface area contributed by atoms with Crippen LogP contribution in [0, 0.1) is 13.8 Å². The molecule has 1 fully saturated rings. The molecule has 0 spiro atoms.